The molecule has 0 bridgehead atoms. The highest BCUT2D eigenvalue weighted by molar-refractivity contribution is 6.10. The number of hydrogen-bond donors (Lipinski definition) is 1. The fourth-order valence-corrected chi connectivity index (χ4v) is 13.1. The zero-order chi connectivity index (χ0) is 53.4. The number of halogens is 3. The Hall–Kier alpha value is -6.62. The van der Waals surface area contributed by atoms with Crippen LogP contribution in [-0.2, 0) is 22.0 Å². The molecule has 400 valence electrons. The van der Waals surface area contributed by atoms with E-state index in [1.165, 1.54) is 63.5 Å². The van der Waals surface area contributed by atoms with E-state index >= 15 is 0 Å². The van der Waals surface area contributed by atoms with Gasteiger partial charge < -0.3 is 33.9 Å². The lowest BCUT2D eigenvalue weighted by Gasteiger charge is -2.38. The van der Waals surface area contributed by atoms with Gasteiger partial charge in [-0.1, -0.05) is 95.7 Å². The highest BCUT2D eigenvalue weighted by Gasteiger charge is 2.46. The van der Waals surface area contributed by atoms with Gasteiger partial charge >= 0.3 is 12.1 Å². The monoisotopic (exact) mass is 1030 g/mol. The van der Waals surface area contributed by atoms with E-state index in [1.54, 1.807) is 27.4 Å². The summed E-state index contributed by atoms with van der Waals surface area (Å²) in [7, 11) is 6.91. The number of ether oxygens (including phenoxy) is 5. The Bertz CT molecular complexity index is 3010. The van der Waals surface area contributed by atoms with Crippen molar-refractivity contribution in [2.75, 3.05) is 51.7 Å². The first-order valence-electron chi connectivity index (χ1n) is 27.5. The van der Waals surface area contributed by atoms with Crippen molar-refractivity contribution in [2.24, 2.45) is 23.7 Å². The number of esters is 1. The van der Waals surface area contributed by atoms with Crippen LogP contribution < -0.4 is 33.9 Å². The highest BCUT2D eigenvalue weighted by Crippen LogP contribution is 2.60. The van der Waals surface area contributed by atoms with E-state index in [0.717, 1.165) is 99.0 Å². The number of carbonyl (C=O) groups is 1. The number of hydrogen-bond acceptors (Lipinski definition) is 8. The first kappa shape index (κ1) is 52.8. The maximum absolute atomic E-state index is 14.4. The van der Waals surface area contributed by atoms with E-state index in [1.807, 2.05) is 106 Å². The second kappa shape index (κ2) is 21.8. The molecular weight excluding hydrogens is 962 g/mol. The highest BCUT2D eigenvalue weighted by atomic mass is 19.4. The predicted molar refractivity (Wildman–Crippen MR) is 298 cm³/mol. The number of unbranched alkanes of at least 4 members (excludes halogenated alkanes) is 2. The van der Waals surface area contributed by atoms with Gasteiger partial charge in [0.05, 0.1) is 38.5 Å². The zero-order valence-corrected chi connectivity index (χ0v) is 45.2. The SMILES string of the molecule is CCCCCC1CCC(C2CCC(C(=O)Oc3ccc(N(C)CCNc4cc5c6c(c7c(c5cc4OC)OC(c4ccc(OC)cc4)(c4ccc(OC)cc4)C=C7)C(C)(C)c4cc(C(F)(F)F)ccc4-6)cc3)CC2)CC1. The van der Waals surface area contributed by atoms with Gasteiger partial charge in [-0.3, -0.25) is 4.79 Å². The molecule has 1 N–H and O–H groups in total. The summed E-state index contributed by atoms with van der Waals surface area (Å²) in [5.74, 6) is 5.44. The van der Waals surface area contributed by atoms with Gasteiger partial charge in [-0.2, -0.15) is 13.2 Å². The van der Waals surface area contributed by atoms with Crippen LogP contribution in [0.1, 0.15) is 131 Å². The molecule has 10 rings (SSSR count). The van der Waals surface area contributed by atoms with Crippen molar-refractivity contribution >= 4 is 34.2 Å². The third-order valence-electron chi connectivity index (χ3n) is 17.5. The Morgan fingerprint density at radius 3 is 1.95 bits per heavy atom. The van der Waals surface area contributed by atoms with Crippen LogP contribution in [0.2, 0.25) is 0 Å². The molecule has 0 amide bonds. The summed E-state index contributed by atoms with van der Waals surface area (Å²) in [5, 5.41) is 5.21. The van der Waals surface area contributed by atoms with E-state index in [-0.39, 0.29) is 11.9 Å². The van der Waals surface area contributed by atoms with Crippen molar-refractivity contribution in [2.45, 2.75) is 115 Å². The molecule has 2 fully saturated rings. The molecule has 1 heterocycles. The van der Waals surface area contributed by atoms with E-state index in [0.29, 0.717) is 47.4 Å². The third kappa shape index (κ3) is 10.2. The summed E-state index contributed by atoms with van der Waals surface area (Å²) in [6.07, 6.45) is 14.6. The van der Waals surface area contributed by atoms with Gasteiger partial charge in [0.15, 0.2) is 5.60 Å². The van der Waals surface area contributed by atoms with Gasteiger partial charge in [-0.25, -0.2) is 0 Å². The molecule has 2 saturated carbocycles. The van der Waals surface area contributed by atoms with Crippen molar-refractivity contribution in [1.29, 1.82) is 0 Å². The molecule has 1 aliphatic heterocycles. The molecule has 76 heavy (non-hydrogen) atoms. The minimum Gasteiger partial charge on any atom is -0.497 e. The number of methoxy groups -OCH3 is 3. The van der Waals surface area contributed by atoms with Crippen LogP contribution in [0, 0.1) is 23.7 Å². The quantitative estimate of drug-likeness (QED) is 0.0550. The van der Waals surface area contributed by atoms with Crippen molar-refractivity contribution in [3.8, 4) is 39.9 Å². The van der Waals surface area contributed by atoms with Crippen LogP contribution in [0.25, 0.3) is 28.0 Å². The molecule has 0 aromatic heterocycles. The number of alkyl halides is 3. The number of nitrogens with one attached hydrogen (secondary N) is 1. The molecule has 0 saturated heterocycles. The normalized spacial score (nSPS) is 20.2. The second-order valence-corrected chi connectivity index (χ2v) is 22.3. The number of nitrogens with zero attached hydrogens (tertiary/aromatic N) is 1. The van der Waals surface area contributed by atoms with Crippen LogP contribution in [0.3, 0.4) is 0 Å². The Morgan fingerprint density at radius 2 is 1.36 bits per heavy atom. The largest absolute Gasteiger partial charge is 0.497 e. The van der Waals surface area contributed by atoms with Gasteiger partial charge in [0.1, 0.15) is 28.7 Å². The first-order valence-corrected chi connectivity index (χ1v) is 27.5. The molecule has 0 radical (unpaired) electrons. The lowest BCUT2D eigenvalue weighted by Crippen LogP contribution is -2.35. The summed E-state index contributed by atoms with van der Waals surface area (Å²) < 4.78 is 73.9. The lowest BCUT2D eigenvalue weighted by molar-refractivity contribution is -0.140. The molecule has 6 aromatic rings. The van der Waals surface area contributed by atoms with Crippen molar-refractivity contribution in [3.05, 3.63) is 143 Å². The molecule has 0 unspecified atom stereocenters. The number of rotatable bonds is 17. The maximum atomic E-state index is 14.4. The van der Waals surface area contributed by atoms with Gasteiger partial charge in [0.25, 0.3) is 0 Å². The lowest BCUT2D eigenvalue weighted by atomic mass is 9.68. The van der Waals surface area contributed by atoms with Crippen molar-refractivity contribution in [1.82, 2.24) is 0 Å². The second-order valence-electron chi connectivity index (χ2n) is 22.3. The maximum Gasteiger partial charge on any atom is 0.416 e. The zero-order valence-electron chi connectivity index (χ0n) is 45.2. The van der Waals surface area contributed by atoms with E-state index < -0.39 is 22.8 Å². The van der Waals surface area contributed by atoms with Crippen molar-refractivity contribution in [3.63, 3.8) is 0 Å². The van der Waals surface area contributed by atoms with Crippen LogP contribution in [0.4, 0.5) is 24.5 Å². The van der Waals surface area contributed by atoms with Gasteiger partial charge in [-0.05, 0) is 163 Å². The fourth-order valence-electron chi connectivity index (χ4n) is 13.1. The first-order chi connectivity index (χ1) is 36.6. The molecular formula is C65H73F3N2O6. The van der Waals surface area contributed by atoms with Crippen LogP contribution in [0.5, 0.6) is 28.7 Å². The molecule has 0 atom stereocenters. The van der Waals surface area contributed by atoms with Gasteiger partial charge in [0, 0.05) is 53.3 Å². The number of benzene rings is 6. The topological polar surface area (TPSA) is 78.5 Å². The third-order valence-corrected chi connectivity index (χ3v) is 17.5. The summed E-state index contributed by atoms with van der Waals surface area (Å²) in [6.45, 7) is 7.41. The number of likely N-dealkylation sites (N-methyl/N-ethyl adjacent to an activating group) is 1. The number of carbonyl (C=O) groups excluding carboxylic acids is 1. The Morgan fingerprint density at radius 1 is 0.737 bits per heavy atom. The molecule has 0 spiro atoms. The average molecular weight is 1040 g/mol. The summed E-state index contributed by atoms with van der Waals surface area (Å²) in [5.41, 5.74) is 4.63. The van der Waals surface area contributed by atoms with Crippen LogP contribution in [-0.4, -0.2) is 47.4 Å². The minimum absolute atomic E-state index is 0.0475. The molecule has 6 aromatic carbocycles. The van der Waals surface area contributed by atoms with Crippen LogP contribution in [0.15, 0.2) is 109 Å². The minimum atomic E-state index is -4.52. The predicted octanol–water partition coefficient (Wildman–Crippen LogP) is 16.2. The molecule has 4 aliphatic rings. The summed E-state index contributed by atoms with van der Waals surface area (Å²) in [4.78, 5) is 15.5. The summed E-state index contributed by atoms with van der Waals surface area (Å²) >= 11 is 0. The van der Waals surface area contributed by atoms with Gasteiger partial charge in [-0.15, -0.1) is 0 Å². The van der Waals surface area contributed by atoms with E-state index in [2.05, 4.69) is 29.3 Å². The fraction of sp³-hybridized carbons (Fsp3) is 0.431. The van der Waals surface area contributed by atoms with Gasteiger partial charge in [0.2, 0.25) is 0 Å². The molecule has 8 nitrogen and oxygen atoms in total. The number of fused-ring (bicyclic) bond motifs is 8. The Labute approximate surface area is 446 Å². The van der Waals surface area contributed by atoms with E-state index in [9.17, 15) is 18.0 Å². The molecule has 11 heteroatoms. The molecule has 3 aliphatic carbocycles. The van der Waals surface area contributed by atoms with E-state index in [4.69, 9.17) is 23.7 Å². The smallest absolute Gasteiger partial charge is 0.416 e. The Balaban J connectivity index is 0.887. The van der Waals surface area contributed by atoms with Crippen LogP contribution >= 0.6 is 0 Å². The number of anilines is 2. The average Bonchev–Trinajstić information content (AvgIpc) is 3.76. The standard InChI is InChI=1S/C65H73F3N2O6/c1-8-9-10-11-41-12-14-42(15-13-41)43-16-18-44(19-17-43)62(71)75-51-31-25-48(26-32-51)70(4)37-36-69-57-39-54-55(40-58(57)74-7)61-53(60-59(54)52-33-24-47(65(66,67)68)38-56(52)63(60,2)3)34-35-64(76-61,45-20-27-49(72-5)28-21-45)46-22-29-50(73-6)30-23-46/h20-35,38-44,69H,8-19,36-37H2,1-7H3. The Kier molecular flexibility index (Phi) is 15.1. The summed E-state index contributed by atoms with van der Waals surface area (Å²) in [6, 6.07) is 31.4. The van der Waals surface area contributed by atoms with Crippen molar-refractivity contribution < 1.29 is 41.7 Å².